The number of aliphatic carboxylic acids is 1. The molecule has 18 atom stereocenters. The van der Waals surface area contributed by atoms with Crippen molar-refractivity contribution in [2.75, 3.05) is 0 Å². The molecule has 0 radical (unpaired) electrons. The Morgan fingerprint density at radius 3 is 1.87 bits per heavy atom. The maximum atomic E-state index is 11.4. The van der Waals surface area contributed by atoms with E-state index >= 15 is 0 Å². The van der Waals surface area contributed by atoms with Gasteiger partial charge in [-0.15, -0.1) is 0 Å². The lowest BCUT2D eigenvalue weighted by Crippen LogP contribution is -2.61. The summed E-state index contributed by atoms with van der Waals surface area (Å²) < 4.78 is 17.8. The van der Waals surface area contributed by atoms with Gasteiger partial charge in [0, 0.05) is 37.5 Å². The number of nitrogens with two attached hydrogens (primary N) is 1. The first-order chi connectivity index (χ1) is 29.6. The molecular formula is C46H75NO16. The molecule has 2 aliphatic rings. The second kappa shape index (κ2) is 28.8. The zero-order valence-electron chi connectivity index (χ0n) is 36.8. The molecule has 2 saturated heterocycles. The third-order valence-corrected chi connectivity index (χ3v) is 11.2. The molecule has 0 saturated carbocycles. The Morgan fingerprint density at radius 1 is 0.762 bits per heavy atom. The molecule has 0 aliphatic carbocycles. The second-order valence-corrected chi connectivity index (χ2v) is 17.0. The maximum Gasteiger partial charge on any atom is 0.305 e. The molecule has 2 rings (SSSR count). The molecule has 0 spiro atoms. The number of ether oxygens (including phenoxy) is 3. The Morgan fingerprint density at radius 2 is 1.32 bits per heavy atom. The lowest BCUT2D eigenvalue weighted by Gasteiger charge is -2.43. The van der Waals surface area contributed by atoms with Crippen LogP contribution >= 0.6 is 0 Å². The van der Waals surface area contributed by atoms with Crippen LogP contribution in [0.2, 0.25) is 0 Å². The Hall–Kier alpha value is -2.95. The van der Waals surface area contributed by atoms with Crippen LogP contribution in [-0.4, -0.2) is 165 Å². The lowest BCUT2D eigenvalue weighted by molar-refractivity contribution is -0.298. The molecule has 0 bridgehead atoms. The van der Waals surface area contributed by atoms with Crippen molar-refractivity contribution >= 4 is 5.97 Å². The zero-order valence-corrected chi connectivity index (χ0v) is 36.8. The fourth-order valence-electron chi connectivity index (χ4n) is 7.34. The van der Waals surface area contributed by atoms with Crippen molar-refractivity contribution in [2.45, 2.75) is 183 Å². The van der Waals surface area contributed by atoms with Crippen LogP contribution < -0.4 is 5.73 Å². The maximum absolute atomic E-state index is 11.4. The van der Waals surface area contributed by atoms with E-state index in [2.05, 4.69) is 0 Å². The van der Waals surface area contributed by atoms with E-state index in [1.54, 1.807) is 44.2 Å². The van der Waals surface area contributed by atoms with Crippen LogP contribution in [0.3, 0.4) is 0 Å². The largest absolute Gasteiger partial charge is 0.481 e. The second-order valence-electron chi connectivity index (χ2n) is 17.0. The normalized spacial score (nSPS) is 31.3. The number of aliphatic hydroxyl groups is 11. The summed E-state index contributed by atoms with van der Waals surface area (Å²) in [6, 6.07) is -1.06. The smallest absolute Gasteiger partial charge is 0.305 e. The molecule has 2 aliphatic heterocycles. The van der Waals surface area contributed by atoms with E-state index in [0.717, 1.165) is 0 Å². The first kappa shape index (κ1) is 56.2. The molecular weight excluding hydrogens is 822 g/mol. The van der Waals surface area contributed by atoms with Crippen LogP contribution in [0.4, 0.5) is 0 Å². The minimum atomic E-state index is -2.04. The van der Waals surface area contributed by atoms with E-state index in [-0.39, 0.29) is 56.8 Å². The van der Waals surface area contributed by atoms with Gasteiger partial charge in [0.15, 0.2) is 12.1 Å². The Bertz CT molecular complexity index is 1520. The van der Waals surface area contributed by atoms with Crippen molar-refractivity contribution in [1.29, 1.82) is 0 Å². The number of carboxylic acids is 1. The van der Waals surface area contributed by atoms with Gasteiger partial charge in [0.05, 0.1) is 85.7 Å². The molecule has 0 amide bonds. The van der Waals surface area contributed by atoms with Gasteiger partial charge < -0.3 is 81.2 Å². The van der Waals surface area contributed by atoms with Crippen molar-refractivity contribution in [3.63, 3.8) is 0 Å². The van der Waals surface area contributed by atoms with Crippen molar-refractivity contribution in [3.05, 3.63) is 85.1 Å². The molecule has 0 aromatic rings. The Labute approximate surface area is 371 Å². The van der Waals surface area contributed by atoms with Gasteiger partial charge in [0.2, 0.25) is 0 Å². The summed E-state index contributed by atoms with van der Waals surface area (Å²) in [5.41, 5.74) is 6.02. The third-order valence-electron chi connectivity index (χ3n) is 11.2. The summed E-state index contributed by atoms with van der Waals surface area (Å²) in [5, 5.41) is 123. The van der Waals surface area contributed by atoms with E-state index in [1.807, 2.05) is 68.5 Å². The van der Waals surface area contributed by atoms with E-state index in [1.165, 1.54) is 0 Å². The van der Waals surface area contributed by atoms with E-state index in [9.17, 15) is 61.0 Å². The minimum Gasteiger partial charge on any atom is -0.481 e. The van der Waals surface area contributed by atoms with Gasteiger partial charge in [-0.25, -0.2) is 0 Å². The zero-order chi connectivity index (χ0) is 47.3. The molecule has 0 aromatic carbocycles. The average molecular weight is 898 g/mol. The number of hydrogen-bond acceptors (Lipinski definition) is 16. The molecule has 2 fully saturated rings. The van der Waals surface area contributed by atoms with E-state index < -0.39 is 116 Å². The minimum absolute atomic E-state index is 0.0434. The van der Waals surface area contributed by atoms with Crippen LogP contribution in [0.15, 0.2) is 85.1 Å². The molecule has 0 unspecified atom stereocenters. The molecule has 0 aromatic heterocycles. The molecule has 17 nitrogen and oxygen atoms in total. The predicted octanol–water partition coefficient (Wildman–Crippen LogP) is 0.921. The van der Waals surface area contributed by atoms with Gasteiger partial charge in [-0.1, -0.05) is 98.9 Å². The number of allylic oxidation sites excluding steroid dienone is 12. The van der Waals surface area contributed by atoms with Gasteiger partial charge in [-0.3, -0.25) is 4.79 Å². The van der Waals surface area contributed by atoms with Gasteiger partial charge in [0.1, 0.15) is 6.10 Å². The molecule has 2 heterocycles. The molecule has 14 N–H and O–H groups in total. The highest BCUT2D eigenvalue weighted by Gasteiger charge is 2.45. The SMILES string of the molecule is C[C@H]([C@H](O)[C@@H](C)/C=C/C=C/C=C/C=C/C=C/C=C/C=C/[C@@H](C[C@H]1C[C@@H](O)C[C@@](O)(C[C@@H](O)C[C@@H](O)[C@H](O)CC[C@@H](O)C[C@@H](O)CC(=O)O)O1)O[C@@H]1O[C@H](C)[C@@H](O)[C@H](N)[C@@H]1O)[C@H](C)O. The first-order valence-electron chi connectivity index (χ1n) is 21.8. The molecule has 63 heavy (non-hydrogen) atoms. The van der Waals surface area contributed by atoms with E-state index in [4.69, 9.17) is 25.1 Å². The highest BCUT2D eigenvalue weighted by atomic mass is 16.7. The molecule has 360 valence electrons. The number of hydrogen-bond donors (Lipinski definition) is 13. The standard InChI is InChI=1S/C46H75NO16/c1-28(42(57)29(2)30(3)48)17-15-13-11-9-7-5-6-8-10-12-14-16-18-36(62-45-44(59)41(47)43(58)31(4)61-45)25-37-22-34(51)26-46(60,63-37)27-35(52)23-39(54)38(53)20-19-32(49)21-33(50)24-40(55)56/h5-18,28-39,41-45,48-54,57-60H,19-27,47H2,1-4H3,(H,55,56)/b6-5+,9-7+,10-8+,13-11+,14-12+,17-15+,18-16+/t28-,29-,30-,31+,32+,33+,34+,35-,36-,37+,38+,39+,41-,42+,43+,44-,45-,46-/m0/s1. The van der Waals surface area contributed by atoms with Crippen LogP contribution in [0.5, 0.6) is 0 Å². The van der Waals surface area contributed by atoms with Gasteiger partial charge in [0.25, 0.3) is 0 Å². The Balaban J connectivity index is 2.02. The summed E-state index contributed by atoms with van der Waals surface area (Å²) in [4.78, 5) is 10.7. The van der Waals surface area contributed by atoms with Crippen molar-refractivity contribution in [1.82, 2.24) is 0 Å². The average Bonchev–Trinajstić information content (AvgIpc) is 3.19. The number of aliphatic hydroxyl groups excluding tert-OH is 10. The predicted molar refractivity (Wildman–Crippen MR) is 234 cm³/mol. The Kier molecular flexibility index (Phi) is 25.7. The van der Waals surface area contributed by atoms with Crippen LogP contribution in [0.1, 0.15) is 85.5 Å². The van der Waals surface area contributed by atoms with Gasteiger partial charge >= 0.3 is 5.97 Å². The fraction of sp³-hybridized carbons (Fsp3) is 0.674. The topological polar surface area (TPSA) is 314 Å². The monoisotopic (exact) mass is 898 g/mol. The van der Waals surface area contributed by atoms with Crippen molar-refractivity contribution in [2.24, 2.45) is 17.6 Å². The number of carbonyl (C=O) groups is 1. The highest BCUT2D eigenvalue weighted by molar-refractivity contribution is 5.67. The quantitative estimate of drug-likeness (QED) is 0.0510. The third kappa shape index (κ3) is 21.7. The van der Waals surface area contributed by atoms with Gasteiger partial charge in [-0.05, 0) is 39.5 Å². The lowest BCUT2D eigenvalue weighted by atomic mass is 9.90. The van der Waals surface area contributed by atoms with Crippen molar-refractivity contribution < 1.29 is 80.3 Å². The highest BCUT2D eigenvalue weighted by Crippen LogP contribution is 2.35. The van der Waals surface area contributed by atoms with Crippen LogP contribution in [0, 0.1) is 11.8 Å². The summed E-state index contributed by atoms with van der Waals surface area (Å²) in [6.07, 6.45) is 8.21. The summed E-state index contributed by atoms with van der Waals surface area (Å²) in [5.74, 6) is -3.61. The van der Waals surface area contributed by atoms with Crippen LogP contribution in [-0.2, 0) is 19.0 Å². The van der Waals surface area contributed by atoms with Crippen LogP contribution in [0.25, 0.3) is 0 Å². The van der Waals surface area contributed by atoms with E-state index in [0.29, 0.717) is 0 Å². The fourth-order valence-corrected chi connectivity index (χ4v) is 7.34. The summed E-state index contributed by atoms with van der Waals surface area (Å²) in [6.45, 7) is 6.95. The summed E-state index contributed by atoms with van der Waals surface area (Å²) >= 11 is 0. The first-order valence-corrected chi connectivity index (χ1v) is 21.8. The summed E-state index contributed by atoms with van der Waals surface area (Å²) in [7, 11) is 0. The van der Waals surface area contributed by atoms with Crippen molar-refractivity contribution in [3.8, 4) is 0 Å². The van der Waals surface area contributed by atoms with Gasteiger partial charge in [-0.2, -0.15) is 0 Å². The number of rotatable bonds is 27. The number of carboxylic acid groups (broad SMARTS) is 1. The molecule has 17 heteroatoms.